The van der Waals surface area contributed by atoms with Gasteiger partial charge < -0.3 is 15.8 Å². The second-order valence-electron chi connectivity index (χ2n) is 5.13. The van der Waals surface area contributed by atoms with E-state index in [1.54, 1.807) is 0 Å². The van der Waals surface area contributed by atoms with Crippen molar-refractivity contribution in [2.75, 3.05) is 17.7 Å². The highest BCUT2D eigenvalue weighted by Crippen LogP contribution is 2.38. The van der Waals surface area contributed by atoms with Crippen molar-refractivity contribution in [3.63, 3.8) is 0 Å². The summed E-state index contributed by atoms with van der Waals surface area (Å²) in [7, 11) is 0. The number of hydrogen-bond acceptors (Lipinski definition) is 4. The van der Waals surface area contributed by atoms with Gasteiger partial charge in [0.1, 0.15) is 0 Å². The minimum Gasteiger partial charge on any atom is -0.452 e. The Morgan fingerprint density at radius 3 is 2.41 bits per heavy atom. The van der Waals surface area contributed by atoms with Gasteiger partial charge in [0.15, 0.2) is 6.61 Å². The topological polar surface area (TPSA) is 81.4 Å². The lowest BCUT2D eigenvalue weighted by molar-refractivity contribution is -0.137. The standard InChI is InChI=1S/C16H10Cl3F3N2O3/c17-7-4-8(13(23)11(19)5-7)15(26)27-6-12(25)24-14-9(16(20,21)22)2-1-3-10(14)18/h1-5H,6,23H2,(H,24,25). The van der Waals surface area contributed by atoms with E-state index in [0.717, 1.165) is 12.1 Å². The normalized spacial score (nSPS) is 11.2. The molecule has 11 heteroatoms. The maximum absolute atomic E-state index is 13.0. The minimum absolute atomic E-state index is 0.00443. The summed E-state index contributed by atoms with van der Waals surface area (Å²) in [5.74, 6) is -2.06. The number of alkyl halides is 3. The van der Waals surface area contributed by atoms with Crippen LogP contribution in [0.2, 0.25) is 15.1 Å². The summed E-state index contributed by atoms with van der Waals surface area (Å²) in [6, 6.07) is 5.50. The maximum Gasteiger partial charge on any atom is 0.418 e. The molecule has 5 nitrogen and oxygen atoms in total. The zero-order valence-electron chi connectivity index (χ0n) is 13.2. The summed E-state index contributed by atoms with van der Waals surface area (Å²) in [5, 5.41) is 1.77. The first kappa shape index (κ1) is 21.1. The third-order valence-corrected chi connectivity index (χ3v) is 4.08. The molecule has 0 saturated heterocycles. The van der Waals surface area contributed by atoms with Crippen LogP contribution in [0.4, 0.5) is 24.5 Å². The number of hydrogen-bond donors (Lipinski definition) is 2. The van der Waals surface area contributed by atoms with Gasteiger partial charge in [-0.15, -0.1) is 0 Å². The molecule has 0 radical (unpaired) electrons. The lowest BCUT2D eigenvalue weighted by atomic mass is 10.1. The predicted molar refractivity (Wildman–Crippen MR) is 96.2 cm³/mol. The highest BCUT2D eigenvalue weighted by molar-refractivity contribution is 6.37. The number of carbonyl (C=O) groups is 2. The third kappa shape index (κ3) is 5.18. The molecule has 0 aromatic heterocycles. The third-order valence-electron chi connectivity index (χ3n) is 3.23. The van der Waals surface area contributed by atoms with Gasteiger partial charge in [-0.3, -0.25) is 4.79 Å². The van der Waals surface area contributed by atoms with E-state index in [0.29, 0.717) is 0 Å². The molecule has 0 spiro atoms. The Hall–Kier alpha value is -2.16. The van der Waals surface area contributed by atoms with Crippen molar-refractivity contribution < 1.29 is 27.5 Å². The number of amides is 1. The molecule has 2 aromatic rings. The number of esters is 1. The van der Waals surface area contributed by atoms with Crippen LogP contribution in [-0.4, -0.2) is 18.5 Å². The van der Waals surface area contributed by atoms with Gasteiger partial charge in [0.05, 0.1) is 32.5 Å². The smallest absolute Gasteiger partial charge is 0.418 e. The number of anilines is 2. The Labute approximate surface area is 166 Å². The number of nitrogens with two attached hydrogens (primary N) is 1. The lowest BCUT2D eigenvalue weighted by Gasteiger charge is -2.15. The minimum atomic E-state index is -4.74. The first-order valence-corrected chi connectivity index (χ1v) is 8.21. The van der Waals surface area contributed by atoms with Crippen molar-refractivity contribution >= 4 is 58.1 Å². The summed E-state index contributed by atoms with van der Waals surface area (Å²) in [6.07, 6.45) is -4.74. The monoisotopic (exact) mass is 440 g/mol. The molecule has 1 amide bonds. The van der Waals surface area contributed by atoms with Crippen LogP contribution in [0.3, 0.4) is 0 Å². The predicted octanol–water partition coefficient (Wildman–Crippen LogP) is 5.04. The number of ether oxygens (including phenoxy) is 1. The molecule has 3 N–H and O–H groups in total. The Morgan fingerprint density at radius 1 is 1.11 bits per heavy atom. The zero-order valence-corrected chi connectivity index (χ0v) is 15.4. The molecule has 0 saturated carbocycles. The van der Waals surface area contributed by atoms with Gasteiger partial charge in [-0.05, 0) is 24.3 Å². The van der Waals surface area contributed by atoms with Crippen molar-refractivity contribution in [1.29, 1.82) is 0 Å². The number of benzene rings is 2. The molecule has 27 heavy (non-hydrogen) atoms. The largest absolute Gasteiger partial charge is 0.452 e. The molecule has 2 aromatic carbocycles. The highest BCUT2D eigenvalue weighted by atomic mass is 35.5. The fraction of sp³-hybridized carbons (Fsp3) is 0.125. The molecule has 0 aliphatic heterocycles. The number of nitrogens with one attached hydrogen (secondary N) is 1. The van der Waals surface area contributed by atoms with Crippen LogP contribution in [-0.2, 0) is 15.7 Å². The quantitative estimate of drug-likeness (QED) is 0.514. The molecular weight excluding hydrogens is 432 g/mol. The Balaban J connectivity index is 2.11. The van der Waals surface area contributed by atoms with Crippen LogP contribution in [0.25, 0.3) is 0 Å². The number of para-hydroxylation sites is 1. The molecule has 0 aliphatic rings. The number of rotatable bonds is 4. The van der Waals surface area contributed by atoms with Gasteiger partial charge >= 0.3 is 12.1 Å². The first-order valence-electron chi connectivity index (χ1n) is 7.08. The molecule has 0 atom stereocenters. The van der Waals surface area contributed by atoms with E-state index in [4.69, 9.17) is 45.3 Å². The summed E-state index contributed by atoms with van der Waals surface area (Å²) < 4.78 is 43.7. The van der Waals surface area contributed by atoms with Crippen molar-refractivity contribution in [3.8, 4) is 0 Å². The van der Waals surface area contributed by atoms with Crippen molar-refractivity contribution in [2.45, 2.75) is 6.18 Å². The van der Waals surface area contributed by atoms with E-state index in [-0.39, 0.29) is 26.3 Å². The molecular formula is C16H10Cl3F3N2O3. The Kier molecular flexibility index (Phi) is 6.46. The van der Waals surface area contributed by atoms with Crippen molar-refractivity contribution in [2.24, 2.45) is 0 Å². The second kappa shape index (κ2) is 8.24. The SMILES string of the molecule is Nc1c(Cl)cc(Cl)cc1C(=O)OCC(=O)Nc1c(Cl)cccc1C(F)(F)F. The van der Waals surface area contributed by atoms with Crippen LogP contribution >= 0.6 is 34.8 Å². The van der Waals surface area contributed by atoms with E-state index in [1.807, 2.05) is 5.32 Å². The van der Waals surface area contributed by atoms with Crippen LogP contribution < -0.4 is 11.1 Å². The van der Waals surface area contributed by atoms with E-state index >= 15 is 0 Å². The van der Waals surface area contributed by atoms with Crippen LogP contribution in [0.15, 0.2) is 30.3 Å². The summed E-state index contributed by atoms with van der Waals surface area (Å²) >= 11 is 17.3. The van der Waals surface area contributed by atoms with E-state index in [9.17, 15) is 22.8 Å². The van der Waals surface area contributed by atoms with Gasteiger partial charge in [-0.2, -0.15) is 13.2 Å². The first-order chi connectivity index (χ1) is 12.5. The highest BCUT2D eigenvalue weighted by Gasteiger charge is 2.34. The summed E-state index contributed by atoms with van der Waals surface area (Å²) in [6.45, 7) is -0.884. The molecule has 0 unspecified atom stereocenters. The number of carbonyl (C=O) groups excluding carboxylic acids is 2. The molecule has 0 aliphatic carbocycles. The number of nitrogen functional groups attached to an aromatic ring is 1. The van der Waals surface area contributed by atoms with E-state index < -0.39 is 35.9 Å². The number of halogens is 6. The van der Waals surface area contributed by atoms with Crippen molar-refractivity contribution in [3.05, 3.63) is 56.5 Å². The fourth-order valence-electron chi connectivity index (χ4n) is 2.03. The Morgan fingerprint density at radius 2 is 1.78 bits per heavy atom. The molecule has 144 valence electrons. The molecule has 2 rings (SSSR count). The second-order valence-corrected chi connectivity index (χ2v) is 6.38. The Bertz CT molecular complexity index is 904. The zero-order chi connectivity index (χ0) is 20.4. The van der Waals surface area contributed by atoms with Crippen LogP contribution in [0, 0.1) is 0 Å². The fourth-order valence-corrected chi connectivity index (χ4v) is 2.74. The van der Waals surface area contributed by atoms with Gasteiger partial charge in [-0.25, -0.2) is 4.79 Å². The van der Waals surface area contributed by atoms with Gasteiger partial charge in [0.25, 0.3) is 5.91 Å². The van der Waals surface area contributed by atoms with Gasteiger partial charge in [0.2, 0.25) is 0 Å². The molecule has 0 bridgehead atoms. The van der Waals surface area contributed by atoms with Crippen molar-refractivity contribution in [1.82, 2.24) is 0 Å². The summed E-state index contributed by atoms with van der Waals surface area (Å²) in [5.41, 5.74) is 3.56. The molecule has 0 heterocycles. The average molecular weight is 442 g/mol. The van der Waals surface area contributed by atoms with Crippen LogP contribution in [0.1, 0.15) is 15.9 Å². The van der Waals surface area contributed by atoms with E-state index in [1.165, 1.54) is 18.2 Å². The van der Waals surface area contributed by atoms with Gasteiger partial charge in [-0.1, -0.05) is 40.9 Å². The molecule has 0 fully saturated rings. The lowest BCUT2D eigenvalue weighted by Crippen LogP contribution is -2.23. The van der Waals surface area contributed by atoms with Gasteiger partial charge in [0, 0.05) is 5.02 Å². The van der Waals surface area contributed by atoms with E-state index in [2.05, 4.69) is 0 Å². The van der Waals surface area contributed by atoms with Crippen LogP contribution in [0.5, 0.6) is 0 Å². The summed E-state index contributed by atoms with van der Waals surface area (Å²) in [4.78, 5) is 23.9. The average Bonchev–Trinajstić information content (AvgIpc) is 2.56. The maximum atomic E-state index is 13.0.